The molecule has 0 aliphatic carbocycles. The van der Waals surface area contributed by atoms with Crippen LogP contribution in [0.15, 0.2) is 34.9 Å². The SMILES string of the molecule is CC(C)(CNC(=O)CCc1ncc(-c2ccc(Cl)cc2)o1)N1CCCCC1. The van der Waals surface area contributed by atoms with Crippen LogP contribution in [0.3, 0.4) is 0 Å². The molecule has 1 aromatic carbocycles. The van der Waals surface area contributed by atoms with E-state index in [9.17, 15) is 4.79 Å². The maximum Gasteiger partial charge on any atom is 0.220 e. The van der Waals surface area contributed by atoms with Gasteiger partial charge in [-0.05, 0) is 64.0 Å². The summed E-state index contributed by atoms with van der Waals surface area (Å²) in [5.74, 6) is 1.30. The number of carbonyl (C=O) groups is 1. The molecule has 0 saturated carbocycles. The lowest BCUT2D eigenvalue weighted by molar-refractivity contribution is -0.121. The maximum atomic E-state index is 12.2. The Morgan fingerprint density at radius 1 is 1.22 bits per heavy atom. The zero-order valence-electron chi connectivity index (χ0n) is 16.1. The highest BCUT2D eigenvalue weighted by Crippen LogP contribution is 2.23. The van der Waals surface area contributed by atoms with Gasteiger partial charge >= 0.3 is 0 Å². The summed E-state index contributed by atoms with van der Waals surface area (Å²) in [5, 5.41) is 3.75. The largest absolute Gasteiger partial charge is 0.441 e. The van der Waals surface area contributed by atoms with Crippen molar-refractivity contribution in [3.63, 3.8) is 0 Å². The van der Waals surface area contributed by atoms with Crippen LogP contribution in [0.25, 0.3) is 11.3 Å². The third-order valence-corrected chi connectivity index (χ3v) is 5.43. The van der Waals surface area contributed by atoms with Gasteiger partial charge in [0.05, 0.1) is 6.20 Å². The average Bonchev–Trinajstić information content (AvgIpc) is 3.15. The molecular formula is C21H28ClN3O2. The first-order valence-corrected chi connectivity index (χ1v) is 10.0. The number of hydrogen-bond donors (Lipinski definition) is 1. The molecule has 146 valence electrons. The molecule has 1 aliphatic rings. The van der Waals surface area contributed by atoms with E-state index in [1.165, 1.54) is 19.3 Å². The number of rotatable bonds is 7. The van der Waals surface area contributed by atoms with E-state index in [1.54, 1.807) is 6.20 Å². The first-order chi connectivity index (χ1) is 12.9. The third-order valence-electron chi connectivity index (χ3n) is 5.18. The molecule has 0 spiro atoms. The van der Waals surface area contributed by atoms with E-state index >= 15 is 0 Å². The van der Waals surface area contributed by atoms with Crippen LogP contribution >= 0.6 is 11.6 Å². The molecule has 1 amide bonds. The minimum atomic E-state index is -0.0131. The first-order valence-electron chi connectivity index (χ1n) is 9.66. The number of piperidine rings is 1. The minimum absolute atomic E-state index is 0.0131. The normalized spacial score (nSPS) is 15.7. The van der Waals surface area contributed by atoms with Crippen LogP contribution < -0.4 is 5.32 Å². The lowest BCUT2D eigenvalue weighted by Gasteiger charge is -2.41. The van der Waals surface area contributed by atoms with Crippen molar-refractivity contribution in [3.05, 3.63) is 41.4 Å². The topological polar surface area (TPSA) is 58.4 Å². The van der Waals surface area contributed by atoms with Crippen molar-refractivity contribution in [2.75, 3.05) is 19.6 Å². The van der Waals surface area contributed by atoms with E-state index in [0.717, 1.165) is 18.7 Å². The summed E-state index contributed by atoms with van der Waals surface area (Å²) >= 11 is 5.91. The van der Waals surface area contributed by atoms with Crippen LogP contribution in [0.5, 0.6) is 0 Å². The predicted molar refractivity (Wildman–Crippen MR) is 108 cm³/mol. The molecule has 0 radical (unpaired) electrons. The molecular weight excluding hydrogens is 362 g/mol. The summed E-state index contributed by atoms with van der Waals surface area (Å²) in [6.07, 6.45) is 6.36. The number of nitrogens with zero attached hydrogens (tertiary/aromatic N) is 2. The van der Waals surface area contributed by atoms with Gasteiger partial charge in [0.1, 0.15) is 0 Å². The van der Waals surface area contributed by atoms with E-state index < -0.39 is 0 Å². The Kier molecular flexibility index (Phi) is 6.55. The van der Waals surface area contributed by atoms with Crippen LogP contribution in [-0.4, -0.2) is 41.0 Å². The number of nitrogens with one attached hydrogen (secondary N) is 1. The zero-order valence-corrected chi connectivity index (χ0v) is 16.9. The molecule has 1 N–H and O–H groups in total. The number of benzene rings is 1. The number of likely N-dealkylation sites (tertiary alicyclic amines) is 1. The first kappa shape index (κ1) is 19.9. The summed E-state index contributed by atoms with van der Waals surface area (Å²) in [6.45, 7) is 7.29. The molecule has 27 heavy (non-hydrogen) atoms. The Balaban J connectivity index is 1.46. The lowest BCUT2D eigenvalue weighted by atomic mass is 9.98. The summed E-state index contributed by atoms with van der Waals surface area (Å²) in [6, 6.07) is 7.41. The molecule has 1 fully saturated rings. The summed E-state index contributed by atoms with van der Waals surface area (Å²) in [4.78, 5) is 19.0. The van der Waals surface area contributed by atoms with Crippen molar-refractivity contribution < 1.29 is 9.21 Å². The molecule has 1 saturated heterocycles. The van der Waals surface area contributed by atoms with E-state index in [1.807, 2.05) is 24.3 Å². The van der Waals surface area contributed by atoms with Crippen LogP contribution in [-0.2, 0) is 11.2 Å². The van der Waals surface area contributed by atoms with Crippen molar-refractivity contribution in [1.29, 1.82) is 0 Å². The molecule has 5 nitrogen and oxygen atoms in total. The van der Waals surface area contributed by atoms with Gasteiger partial charge < -0.3 is 9.73 Å². The number of amides is 1. The fourth-order valence-corrected chi connectivity index (χ4v) is 3.53. The van der Waals surface area contributed by atoms with Gasteiger partial charge in [0, 0.05) is 35.5 Å². The van der Waals surface area contributed by atoms with Crippen LogP contribution in [0, 0.1) is 0 Å². The van der Waals surface area contributed by atoms with Gasteiger partial charge in [-0.1, -0.05) is 18.0 Å². The molecule has 1 aliphatic heterocycles. The number of hydrogen-bond acceptors (Lipinski definition) is 4. The average molecular weight is 390 g/mol. The molecule has 0 bridgehead atoms. The second-order valence-electron chi connectivity index (χ2n) is 7.76. The summed E-state index contributed by atoms with van der Waals surface area (Å²) in [7, 11) is 0. The van der Waals surface area contributed by atoms with Crippen molar-refractivity contribution in [2.24, 2.45) is 0 Å². The molecule has 0 unspecified atom stereocenters. The number of halogens is 1. The summed E-state index contributed by atoms with van der Waals surface area (Å²) in [5.41, 5.74) is 0.909. The van der Waals surface area contributed by atoms with Crippen molar-refractivity contribution in [2.45, 2.75) is 51.5 Å². The van der Waals surface area contributed by atoms with E-state index in [4.69, 9.17) is 16.0 Å². The number of aryl methyl sites for hydroxylation is 1. The lowest BCUT2D eigenvalue weighted by Crippen LogP contribution is -2.53. The van der Waals surface area contributed by atoms with E-state index in [2.05, 4.69) is 29.0 Å². The monoisotopic (exact) mass is 389 g/mol. The smallest absolute Gasteiger partial charge is 0.220 e. The molecule has 2 heterocycles. The number of oxazole rings is 1. The van der Waals surface area contributed by atoms with E-state index in [0.29, 0.717) is 36.1 Å². The van der Waals surface area contributed by atoms with E-state index in [-0.39, 0.29) is 11.4 Å². The standard InChI is InChI=1S/C21H28ClN3O2/c1-21(2,25-12-4-3-5-13-25)15-24-19(26)10-11-20-23-14-18(27-20)16-6-8-17(22)9-7-16/h6-9,14H,3-5,10-13,15H2,1-2H3,(H,24,26). The minimum Gasteiger partial charge on any atom is -0.441 e. The molecule has 6 heteroatoms. The van der Waals surface area contributed by atoms with Gasteiger partial charge in [-0.15, -0.1) is 0 Å². The van der Waals surface area contributed by atoms with Gasteiger partial charge in [0.25, 0.3) is 0 Å². The van der Waals surface area contributed by atoms with Crippen LogP contribution in [0.4, 0.5) is 0 Å². The highest BCUT2D eigenvalue weighted by Gasteiger charge is 2.28. The molecule has 3 rings (SSSR count). The highest BCUT2D eigenvalue weighted by atomic mass is 35.5. The zero-order chi connectivity index (χ0) is 19.3. The predicted octanol–water partition coefficient (Wildman–Crippen LogP) is 4.31. The Bertz CT molecular complexity index is 749. The van der Waals surface area contributed by atoms with Crippen molar-refractivity contribution in [3.8, 4) is 11.3 Å². The number of aromatic nitrogens is 1. The highest BCUT2D eigenvalue weighted by molar-refractivity contribution is 6.30. The third kappa shape index (κ3) is 5.56. The molecule has 0 atom stereocenters. The molecule has 1 aromatic heterocycles. The second-order valence-corrected chi connectivity index (χ2v) is 8.20. The number of carbonyl (C=O) groups excluding carboxylic acids is 1. The van der Waals surface area contributed by atoms with Gasteiger partial charge in [-0.2, -0.15) is 0 Å². The maximum absolute atomic E-state index is 12.2. The fourth-order valence-electron chi connectivity index (χ4n) is 3.41. The Hall–Kier alpha value is -1.85. The van der Waals surface area contributed by atoms with Gasteiger partial charge in [0.2, 0.25) is 5.91 Å². The fraction of sp³-hybridized carbons (Fsp3) is 0.524. The summed E-state index contributed by atoms with van der Waals surface area (Å²) < 4.78 is 5.76. The quantitative estimate of drug-likeness (QED) is 0.766. The molecule has 2 aromatic rings. The van der Waals surface area contributed by atoms with Crippen molar-refractivity contribution in [1.82, 2.24) is 15.2 Å². The second kappa shape index (κ2) is 8.89. The van der Waals surface area contributed by atoms with Crippen LogP contribution in [0.1, 0.15) is 45.4 Å². The van der Waals surface area contributed by atoms with Gasteiger partial charge in [-0.3, -0.25) is 9.69 Å². The Morgan fingerprint density at radius 3 is 2.63 bits per heavy atom. The van der Waals surface area contributed by atoms with Crippen molar-refractivity contribution >= 4 is 17.5 Å². The Morgan fingerprint density at radius 2 is 1.93 bits per heavy atom. The Labute approximate surface area is 166 Å². The van der Waals surface area contributed by atoms with Gasteiger partial charge in [-0.25, -0.2) is 4.98 Å². The van der Waals surface area contributed by atoms with Crippen LogP contribution in [0.2, 0.25) is 5.02 Å². The van der Waals surface area contributed by atoms with Gasteiger partial charge in [0.15, 0.2) is 11.7 Å².